The third kappa shape index (κ3) is 3.68. The Labute approximate surface area is 133 Å². The molecule has 0 radical (unpaired) electrons. The average Bonchev–Trinajstić information content (AvgIpc) is 2.49. The lowest BCUT2D eigenvalue weighted by atomic mass is 10.2. The molecule has 0 aliphatic carbocycles. The number of methoxy groups -OCH3 is 1. The van der Waals surface area contributed by atoms with Crippen LogP contribution < -0.4 is 9.46 Å². The van der Waals surface area contributed by atoms with Crippen LogP contribution in [0.1, 0.15) is 5.56 Å². The highest BCUT2D eigenvalue weighted by atomic mass is 35.5. The lowest BCUT2D eigenvalue weighted by Crippen LogP contribution is -2.23. The molecule has 112 valence electrons. The van der Waals surface area contributed by atoms with Crippen LogP contribution in [0.2, 0.25) is 10.0 Å². The summed E-state index contributed by atoms with van der Waals surface area (Å²) in [5.41, 5.74) is 0.847. The second-order valence-corrected chi connectivity index (χ2v) is 6.72. The van der Waals surface area contributed by atoms with Crippen molar-refractivity contribution in [3.05, 3.63) is 58.1 Å². The number of nitrogens with one attached hydrogen (secondary N) is 1. The van der Waals surface area contributed by atoms with E-state index in [0.29, 0.717) is 0 Å². The number of sulfonamides is 1. The molecule has 2 aromatic rings. The van der Waals surface area contributed by atoms with Crippen LogP contribution in [0.5, 0.6) is 5.75 Å². The summed E-state index contributed by atoms with van der Waals surface area (Å²) in [6.07, 6.45) is 0. The van der Waals surface area contributed by atoms with Crippen LogP contribution in [0.3, 0.4) is 0 Å². The van der Waals surface area contributed by atoms with Gasteiger partial charge in [-0.05, 0) is 17.7 Å². The van der Waals surface area contributed by atoms with Gasteiger partial charge in [0.15, 0.2) is 5.75 Å². The molecule has 1 N–H and O–H groups in total. The van der Waals surface area contributed by atoms with Gasteiger partial charge in [-0.25, -0.2) is 13.1 Å². The monoisotopic (exact) mass is 345 g/mol. The second-order valence-electron chi connectivity index (χ2n) is 4.20. The van der Waals surface area contributed by atoms with E-state index in [1.165, 1.54) is 19.2 Å². The Balaban J connectivity index is 2.30. The van der Waals surface area contributed by atoms with E-state index in [9.17, 15) is 8.42 Å². The van der Waals surface area contributed by atoms with Crippen LogP contribution in [0, 0.1) is 0 Å². The van der Waals surface area contributed by atoms with Crippen LogP contribution in [-0.4, -0.2) is 15.5 Å². The second kappa shape index (κ2) is 6.66. The molecule has 0 saturated heterocycles. The number of ether oxygens (including phenoxy) is 1. The first-order valence-electron chi connectivity index (χ1n) is 6.01. The van der Waals surface area contributed by atoms with E-state index in [1.54, 1.807) is 0 Å². The minimum atomic E-state index is -3.76. The minimum Gasteiger partial charge on any atom is -0.494 e. The van der Waals surface area contributed by atoms with Gasteiger partial charge in [0.25, 0.3) is 0 Å². The molecule has 0 atom stereocenters. The van der Waals surface area contributed by atoms with Crippen LogP contribution in [0.4, 0.5) is 0 Å². The first-order valence-corrected chi connectivity index (χ1v) is 8.25. The Morgan fingerprint density at radius 3 is 2.38 bits per heavy atom. The molecule has 0 heterocycles. The standard InChI is InChI=1S/C14H13Cl2NO3S/c1-20-14-12(8-7-11(15)13(14)16)21(18,19)17-9-10-5-3-2-4-6-10/h2-8,17H,9H2,1H3. The molecule has 0 aliphatic rings. The van der Waals surface area contributed by atoms with E-state index in [1.807, 2.05) is 30.3 Å². The van der Waals surface area contributed by atoms with Crippen molar-refractivity contribution in [2.24, 2.45) is 0 Å². The van der Waals surface area contributed by atoms with Crippen molar-refractivity contribution < 1.29 is 13.2 Å². The molecule has 0 amide bonds. The maximum Gasteiger partial charge on any atom is 0.244 e. The van der Waals surface area contributed by atoms with E-state index in [-0.39, 0.29) is 27.2 Å². The predicted molar refractivity (Wildman–Crippen MR) is 83.5 cm³/mol. The highest BCUT2D eigenvalue weighted by Crippen LogP contribution is 2.37. The Bertz CT molecular complexity index is 733. The molecular weight excluding hydrogens is 333 g/mol. The highest BCUT2D eigenvalue weighted by Gasteiger charge is 2.22. The molecular formula is C14H13Cl2NO3S. The van der Waals surface area contributed by atoms with Gasteiger partial charge in [0.05, 0.1) is 12.1 Å². The third-order valence-electron chi connectivity index (χ3n) is 2.82. The van der Waals surface area contributed by atoms with Gasteiger partial charge < -0.3 is 4.74 Å². The molecule has 2 aromatic carbocycles. The predicted octanol–water partition coefficient (Wildman–Crippen LogP) is 3.48. The fraction of sp³-hybridized carbons (Fsp3) is 0.143. The average molecular weight is 346 g/mol. The molecule has 0 saturated carbocycles. The summed E-state index contributed by atoms with van der Waals surface area (Å²) in [4.78, 5) is -0.0460. The lowest BCUT2D eigenvalue weighted by molar-refractivity contribution is 0.402. The van der Waals surface area contributed by atoms with Crippen molar-refractivity contribution in [1.82, 2.24) is 4.72 Å². The Morgan fingerprint density at radius 1 is 1.10 bits per heavy atom. The van der Waals surface area contributed by atoms with E-state index in [2.05, 4.69) is 4.72 Å². The van der Waals surface area contributed by atoms with Crippen LogP contribution in [0.25, 0.3) is 0 Å². The SMILES string of the molecule is COc1c(S(=O)(=O)NCc2ccccc2)ccc(Cl)c1Cl. The summed E-state index contributed by atoms with van der Waals surface area (Å²) in [6.45, 7) is 0.173. The molecule has 0 fully saturated rings. The lowest BCUT2D eigenvalue weighted by Gasteiger charge is -2.12. The Hall–Kier alpha value is -1.27. The van der Waals surface area contributed by atoms with Crippen molar-refractivity contribution in [3.8, 4) is 5.75 Å². The van der Waals surface area contributed by atoms with E-state index in [4.69, 9.17) is 27.9 Å². The van der Waals surface area contributed by atoms with Crippen molar-refractivity contribution >= 4 is 33.2 Å². The largest absolute Gasteiger partial charge is 0.494 e. The summed E-state index contributed by atoms with van der Waals surface area (Å²) in [6, 6.07) is 12.0. The number of hydrogen-bond donors (Lipinski definition) is 1. The van der Waals surface area contributed by atoms with Gasteiger partial charge in [-0.3, -0.25) is 0 Å². The molecule has 2 rings (SSSR count). The van der Waals surface area contributed by atoms with Crippen LogP contribution in [-0.2, 0) is 16.6 Å². The number of rotatable bonds is 5. The normalized spacial score (nSPS) is 11.4. The van der Waals surface area contributed by atoms with E-state index < -0.39 is 10.0 Å². The number of benzene rings is 2. The maximum absolute atomic E-state index is 12.4. The zero-order valence-corrected chi connectivity index (χ0v) is 13.5. The van der Waals surface area contributed by atoms with Gasteiger partial charge in [0, 0.05) is 6.54 Å². The number of hydrogen-bond acceptors (Lipinski definition) is 3. The molecule has 7 heteroatoms. The quantitative estimate of drug-likeness (QED) is 0.902. The van der Waals surface area contributed by atoms with Gasteiger partial charge in [0.1, 0.15) is 9.92 Å². The van der Waals surface area contributed by atoms with Gasteiger partial charge >= 0.3 is 0 Å². The summed E-state index contributed by atoms with van der Waals surface area (Å²) >= 11 is 11.8. The molecule has 0 spiro atoms. The summed E-state index contributed by atoms with van der Waals surface area (Å²) in [5, 5.41) is 0.303. The summed E-state index contributed by atoms with van der Waals surface area (Å²) < 4.78 is 32.3. The first kappa shape index (κ1) is 16.1. The van der Waals surface area contributed by atoms with Crippen molar-refractivity contribution in [2.75, 3.05) is 7.11 Å². The maximum atomic E-state index is 12.4. The molecule has 4 nitrogen and oxygen atoms in total. The summed E-state index contributed by atoms with van der Waals surface area (Å²) in [7, 11) is -2.42. The van der Waals surface area contributed by atoms with Crippen LogP contribution in [0.15, 0.2) is 47.4 Å². The minimum absolute atomic E-state index is 0.0322. The van der Waals surface area contributed by atoms with Gasteiger partial charge in [0.2, 0.25) is 10.0 Å². The fourth-order valence-electron chi connectivity index (χ4n) is 1.77. The van der Waals surface area contributed by atoms with Crippen molar-refractivity contribution in [2.45, 2.75) is 11.4 Å². The summed E-state index contributed by atoms with van der Waals surface area (Å²) in [5.74, 6) is 0.0322. The molecule has 0 unspecified atom stereocenters. The first-order chi connectivity index (χ1) is 9.95. The van der Waals surface area contributed by atoms with Gasteiger partial charge in [-0.15, -0.1) is 0 Å². The van der Waals surface area contributed by atoms with Crippen molar-refractivity contribution in [3.63, 3.8) is 0 Å². The number of halogens is 2. The van der Waals surface area contributed by atoms with Crippen molar-refractivity contribution in [1.29, 1.82) is 0 Å². The fourth-order valence-corrected chi connectivity index (χ4v) is 3.40. The zero-order valence-electron chi connectivity index (χ0n) is 11.1. The molecule has 21 heavy (non-hydrogen) atoms. The molecule has 0 bridgehead atoms. The zero-order chi connectivity index (χ0) is 15.5. The van der Waals surface area contributed by atoms with Gasteiger partial charge in [-0.2, -0.15) is 0 Å². The Morgan fingerprint density at radius 2 is 1.76 bits per heavy atom. The van der Waals surface area contributed by atoms with E-state index in [0.717, 1.165) is 5.56 Å². The molecule has 0 aliphatic heterocycles. The third-order valence-corrected chi connectivity index (χ3v) is 5.03. The highest BCUT2D eigenvalue weighted by molar-refractivity contribution is 7.89. The molecule has 0 aromatic heterocycles. The van der Waals surface area contributed by atoms with Crippen LogP contribution >= 0.6 is 23.2 Å². The van der Waals surface area contributed by atoms with E-state index >= 15 is 0 Å². The topological polar surface area (TPSA) is 55.4 Å². The smallest absolute Gasteiger partial charge is 0.244 e. The van der Waals surface area contributed by atoms with Gasteiger partial charge in [-0.1, -0.05) is 53.5 Å². The Kier molecular flexibility index (Phi) is 5.11.